The molecule has 1 aromatic rings. The molecule has 0 aliphatic carbocycles. The Labute approximate surface area is 79.8 Å². The maximum Gasteiger partial charge on any atom is 0.299 e. The van der Waals surface area contributed by atoms with Crippen LogP contribution in [0.15, 0.2) is 6.20 Å². The van der Waals surface area contributed by atoms with Crippen LogP contribution in [-0.4, -0.2) is 50.3 Å². The first-order valence-electron chi connectivity index (χ1n) is 4.16. The summed E-state index contributed by atoms with van der Waals surface area (Å²) in [5, 5.41) is 17.8. The molecule has 0 bridgehead atoms. The molecule has 7 heteroatoms. The van der Waals surface area contributed by atoms with E-state index in [1.807, 2.05) is 0 Å². The first kappa shape index (κ1) is 9.10. The first-order chi connectivity index (χ1) is 6.66. The summed E-state index contributed by atoms with van der Waals surface area (Å²) >= 11 is 0. The molecule has 0 spiro atoms. The van der Waals surface area contributed by atoms with Crippen LogP contribution in [-0.2, 0) is 11.9 Å². The Bertz CT molecular complexity index is 350. The van der Waals surface area contributed by atoms with Gasteiger partial charge in [0.1, 0.15) is 12.7 Å². The summed E-state index contributed by atoms with van der Waals surface area (Å²) in [6, 6.07) is 0. The molecule has 14 heavy (non-hydrogen) atoms. The van der Waals surface area contributed by atoms with E-state index in [2.05, 4.69) is 10.2 Å². The number of aliphatic hydroxyl groups is 1. The molecule has 76 valence electrons. The van der Waals surface area contributed by atoms with Crippen LogP contribution in [0.25, 0.3) is 0 Å². The molecule has 2 heterocycles. The second-order valence-electron chi connectivity index (χ2n) is 3.04. The average molecular weight is 198 g/mol. The number of hydrogen-bond acceptors (Lipinski definition) is 5. The van der Waals surface area contributed by atoms with Crippen LogP contribution in [0, 0.1) is 0 Å². The number of aryl methyl sites for hydroxylation is 1. The summed E-state index contributed by atoms with van der Waals surface area (Å²) in [6.07, 6.45) is 0.742. The molecule has 1 amide bonds. The minimum Gasteiger partial charge on any atom is -0.389 e. The van der Waals surface area contributed by atoms with E-state index < -0.39 is 6.10 Å². The fourth-order valence-electron chi connectivity index (χ4n) is 1.19. The van der Waals surface area contributed by atoms with Crippen LogP contribution in [0.2, 0.25) is 0 Å². The highest BCUT2D eigenvalue weighted by Gasteiger charge is 2.28. The molecule has 1 unspecified atom stereocenters. The standard InChI is InChI=1S/C7H10N4O3/c1-10-8-2-6(9-10)7(13)11-3-5(12)4-14-11/h2,5,12H,3-4H2,1H3. The van der Waals surface area contributed by atoms with Crippen molar-refractivity contribution in [2.24, 2.45) is 7.05 Å². The zero-order valence-electron chi connectivity index (χ0n) is 7.62. The van der Waals surface area contributed by atoms with Gasteiger partial charge in [-0.2, -0.15) is 9.90 Å². The normalized spacial score (nSPS) is 21.6. The molecule has 1 saturated heterocycles. The number of aromatic nitrogens is 3. The van der Waals surface area contributed by atoms with E-state index in [9.17, 15) is 4.79 Å². The van der Waals surface area contributed by atoms with Gasteiger partial charge in [0.05, 0.1) is 12.7 Å². The van der Waals surface area contributed by atoms with Crippen molar-refractivity contribution in [1.29, 1.82) is 0 Å². The summed E-state index contributed by atoms with van der Waals surface area (Å²) in [5.74, 6) is -0.380. The number of carbonyl (C=O) groups excluding carboxylic acids is 1. The van der Waals surface area contributed by atoms with Crippen LogP contribution in [0.4, 0.5) is 0 Å². The number of amides is 1. The maximum atomic E-state index is 11.6. The van der Waals surface area contributed by atoms with Crippen molar-refractivity contribution in [2.75, 3.05) is 13.2 Å². The van der Waals surface area contributed by atoms with Crippen LogP contribution < -0.4 is 0 Å². The Kier molecular flexibility index (Phi) is 2.18. The van der Waals surface area contributed by atoms with Gasteiger partial charge in [0, 0.05) is 7.05 Å². The topological polar surface area (TPSA) is 80.5 Å². The van der Waals surface area contributed by atoms with Crippen molar-refractivity contribution in [2.45, 2.75) is 6.10 Å². The molecule has 2 rings (SSSR count). The van der Waals surface area contributed by atoms with Gasteiger partial charge in [-0.3, -0.25) is 9.63 Å². The number of nitrogens with zero attached hydrogens (tertiary/aromatic N) is 4. The Morgan fingerprint density at radius 3 is 3.07 bits per heavy atom. The monoisotopic (exact) mass is 198 g/mol. The molecule has 1 aliphatic rings. The quantitative estimate of drug-likeness (QED) is 0.598. The number of aliphatic hydroxyl groups excluding tert-OH is 1. The van der Waals surface area contributed by atoms with E-state index in [0.717, 1.165) is 5.06 Å². The fourth-order valence-corrected chi connectivity index (χ4v) is 1.19. The smallest absolute Gasteiger partial charge is 0.299 e. The van der Waals surface area contributed by atoms with Crippen molar-refractivity contribution in [3.63, 3.8) is 0 Å². The Hall–Kier alpha value is -1.47. The van der Waals surface area contributed by atoms with Gasteiger partial charge in [0.2, 0.25) is 0 Å². The zero-order valence-corrected chi connectivity index (χ0v) is 7.62. The third-order valence-corrected chi connectivity index (χ3v) is 1.84. The number of β-amino-alcohol motifs (C(OH)–C–C–N with tert-alkyl or cyclic N) is 1. The lowest BCUT2D eigenvalue weighted by Gasteiger charge is -2.10. The van der Waals surface area contributed by atoms with Gasteiger partial charge in [-0.15, -0.1) is 5.10 Å². The van der Waals surface area contributed by atoms with E-state index in [1.54, 1.807) is 7.05 Å². The molecule has 0 radical (unpaired) electrons. The van der Waals surface area contributed by atoms with Crippen molar-refractivity contribution >= 4 is 5.91 Å². The van der Waals surface area contributed by atoms with E-state index >= 15 is 0 Å². The third kappa shape index (κ3) is 1.59. The van der Waals surface area contributed by atoms with Crippen LogP contribution in [0.3, 0.4) is 0 Å². The molecular weight excluding hydrogens is 188 g/mol. The van der Waals surface area contributed by atoms with E-state index in [0.29, 0.717) is 0 Å². The summed E-state index contributed by atoms with van der Waals surface area (Å²) in [4.78, 5) is 17.8. The van der Waals surface area contributed by atoms with E-state index in [1.165, 1.54) is 11.0 Å². The minimum absolute atomic E-state index is 0.145. The molecule has 0 aromatic carbocycles. The lowest BCUT2D eigenvalue weighted by atomic mass is 10.4. The third-order valence-electron chi connectivity index (χ3n) is 1.84. The van der Waals surface area contributed by atoms with Gasteiger partial charge in [0.15, 0.2) is 5.69 Å². The Morgan fingerprint density at radius 1 is 1.79 bits per heavy atom. The summed E-state index contributed by atoms with van der Waals surface area (Å²) in [6.45, 7) is 0.321. The Morgan fingerprint density at radius 2 is 2.57 bits per heavy atom. The van der Waals surface area contributed by atoms with Crippen molar-refractivity contribution in [3.8, 4) is 0 Å². The number of carbonyl (C=O) groups is 1. The molecule has 1 N–H and O–H groups in total. The maximum absolute atomic E-state index is 11.6. The molecule has 1 aliphatic heterocycles. The number of hydrogen-bond donors (Lipinski definition) is 1. The van der Waals surface area contributed by atoms with Gasteiger partial charge < -0.3 is 5.11 Å². The zero-order chi connectivity index (χ0) is 10.1. The van der Waals surface area contributed by atoms with Crippen LogP contribution in [0.5, 0.6) is 0 Å². The molecule has 1 atom stereocenters. The molecule has 0 saturated carbocycles. The largest absolute Gasteiger partial charge is 0.389 e. The van der Waals surface area contributed by atoms with Gasteiger partial charge in [0.25, 0.3) is 5.91 Å². The predicted molar refractivity (Wildman–Crippen MR) is 44.0 cm³/mol. The average Bonchev–Trinajstić information content (AvgIpc) is 2.73. The molecule has 7 nitrogen and oxygen atoms in total. The van der Waals surface area contributed by atoms with Gasteiger partial charge in [-0.1, -0.05) is 0 Å². The van der Waals surface area contributed by atoms with Crippen molar-refractivity contribution in [1.82, 2.24) is 20.1 Å². The highest BCUT2D eigenvalue weighted by molar-refractivity contribution is 5.91. The van der Waals surface area contributed by atoms with Crippen molar-refractivity contribution < 1.29 is 14.7 Å². The molecule has 1 fully saturated rings. The highest BCUT2D eigenvalue weighted by Crippen LogP contribution is 2.09. The number of rotatable bonds is 1. The summed E-state index contributed by atoms with van der Waals surface area (Å²) < 4.78 is 0. The van der Waals surface area contributed by atoms with E-state index in [-0.39, 0.29) is 24.8 Å². The van der Waals surface area contributed by atoms with Gasteiger partial charge >= 0.3 is 0 Å². The highest BCUT2D eigenvalue weighted by atomic mass is 16.7. The lowest BCUT2D eigenvalue weighted by Crippen LogP contribution is -2.28. The van der Waals surface area contributed by atoms with Crippen LogP contribution in [0.1, 0.15) is 10.5 Å². The lowest BCUT2D eigenvalue weighted by molar-refractivity contribution is -0.0783. The predicted octanol–water partition coefficient (Wildman–Crippen LogP) is -1.44. The Balaban J connectivity index is 2.09. The van der Waals surface area contributed by atoms with Gasteiger partial charge in [-0.05, 0) is 0 Å². The SMILES string of the molecule is Cn1ncc(C(=O)N2CC(O)CO2)n1. The number of hydroxylamine groups is 2. The van der Waals surface area contributed by atoms with Crippen LogP contribution >= 0.6 is 0 Å². The summed E-state index contributed by atoms with van der Waals surface area (Å²) in [7, 11) is 1.62. The fraction of sp³-hybridized carbons (Fsp3) is 0.571. The molecular formula is C7H10N4O3. The first-order valence-corrected chi connectivity index (χ1v) is 4.16. The molecule has 1 aromatic heterocycles. The van der Waals surface area contributed by atoms with Crippen molar-refractivity contribution in [3.05, 3.63) is 11.9 Å². The second kappa shape index (κ2) is 3.35. The summed E-state index contributed by atoms with van der Waals surface area (Å²) in [5.41, 5.74) is 0.210. The van der Waals surface area contributed by atoms with E-state index in [4.69, 9.17) is 9.94 Å². The minimum atomic E-state index is -0.615. The second-order valence-corrected chi connectivity index (χ2v) is 3.04. The van der Waals surface area contributed by atoms with Gasteiger partial charge in [-0.25, -0.2) is 5.06 Å².